The summed E-state index contributed by atoms with van der Waals surface area (Å²) in [5.41, 5.74) is 9.14. The highest BCUT2D eigenvalue weighted by Crippen LogP contribution is 2.33. The van der Waals surface area contributed by atoms with Gasteiger partial charge in [0.1, 0.15) is 0 Å². The van der Waals surface area contributed by atoms with Crippen molar-refractivity contribution in [3.8, 4) is 39.6 Å². The fourth-order valence-electron chi connectivity index (χ4n) is 4.94. The highest BCUT2D eigenvalue weighted by atomic mass is 79.9. The number of aromatic nitrogens is 4. The molecule has 4 nitrogen and oxygen atoms in total. The van der Waals surface area contributed by atoms with E-state index in [1.807, 2.05) is 60.8 Å². The average molecular weight is 553 g/mol. The number of pyridine rings is 1. The summed E-state index contributed by atoms with van der Waals surface area (Å²) < 4.78 is 3.30. The Balaban J connectivity index is 1.37. The Morgan fingerprint density at radius 2 is 1.21 bits per heavy atom. The third-order valence-electron chi connectivity index (χ3n) is 6.73. The Morgan fingerprint density at radius 3 is 1.92 bits per heavy atom. The summed E-state index contributed by atoms with van der Waals surface area (Å²) in [5, 5.41) is 1.12. The zero-order chi connectivity index (χ0) is 25.5. The van der Waals surface area contributed by atoms with Crippen molar-refractivity contribution in [2.45, 2.75) is 0 Å². The summed E-state index contributed by atoms with van der Waals surface area (Å²) in [7, 11) is 0. The molecule has 0 aliphatic carbocycles. The van der Waals surface area contributed by atoms with Crippen molar-refractivity contribution in [1.29, 1.82) is 0 Å². The van der Waals surface area contributed by atoms with E-state index in [-0.39, 0.29) is 0 Å². The lowest BCUT2D eigenvalue weighted by atomic mass is 10.1. The van der Waals surface area contributed by atoms with E-state index in [9.17, 15) is 0 Å². The monoisotopic (exact) mass is 552 g/mol. The van der Waals surface area contributed by atoms with E-state index < -0.39 is 0 Å². The molecule has 0 saturated carbocycles. The van der Waals surface area contributed by atoms with Gasteiger partial charge in [-0.25, -0.2) is 9.97 Å². The second kappa shape index (κ2) is 9.36. The maximum absolute atomic E-state index is 4.97. The maximum atomic E-state index is 4.97. The molecule has 0 aliphatic rings. The minimum Gasteiger partial charge on any atom is -0.308 e. The molecular weight excluding hydrogens is 532 g/mol. The van der Waals surface area contributed by atoms with E-state index in [1.54, 1.807) is 0 Å². The van der Waals surface area contributed by atoms with E-state index in [4.69, 9.17) is 9.97 Å². The highest BCUT2D eigenvalue weighted by molar-refractivity contribution is 9.10. The molecule has 7 rings (SSSR count). The van der Waals surface area contributed by atoms with E-state index >= 15 is 0 Å². The Morgan fingerprint density at radius 1 is 0.553 bits per heavy atom. The van der Waals surface area contributed by atoms with Crippen LogP contribution >= 0.6 is 15.9 Å². The summed E-state index contributed by atoms with van der Waals surface area (Å²) in [6.07, 6.45) is 1.85. The van der Waals surface area contributed by atoms with Crippen LogP contribution in [0.2, 0.25) is 0 Å². The smallest absolute Gasteiger partial charge is 0.160 e. The zero-order valence-corrected chi connectivity index (χ0v) is 21.9. The van der Waals surface area contributed by atoms with Crippen LogP contribution in [0.5, 0.6) is 0 Å². The number of fused-ring (bicyclic) bond motifs is 3. The minimum absolute atomic E-state index is 0.713. The maximum Gasteiger partial charge on any atom is 0.160 e. The summed E-state index contributed by atoms with van der Waals surface area (Å²) >= 11 is 3.62. The second-order valence-electron chi connectivity index (χ2n) is 9.11. The number of nitrogens with zero attached hydrogens (tertiary/aromatic N) is 4. The molecule has 3 heterocycles. The predicted molar refractivity (Wildman–Crippen MR) is 158 cm³/mol. The van der Waals surface area contributed by atoms with Crippen molar-refractivity contribution in [1.82, 2.24) is 19.5 Å². The van der Waals surface area contributed by atoms with Crippen molar-refractivity contribution in [2.24, 2.45) is 0 Å². The summed E-state index contributed by atoms with van der Waals surface area (Å²) in [6.45, 7) is 0. The standard InChI is InChI=1S/C33H21BrN4/c34-25-15-18-30-27(20-25)32-31(12-7-19-35-32)38(30)26-16-13-23(14-17-26)29-21-28(22-8-3-1-4-9-22)36-33(37-29)24-10-5-2-6-11-24/h1-21H. The molecule has 38 heavy (non-hydrogen) atoms. The lowest BCUT2D eigenvalue weighted by Crippen LogP contribution is -1.97. The Kier molecular flexibility index (Phi) is 5.56. The number of halogens is 1. The first-order chi connectivity index (χ1) is 18.7. The molecule has 4 aromatic carbocycles. The zero-order valence-electron chi connectivity index (χ0n) is 20.3. The van der Waals surface area contributed by atoms with Gasteiger partial charge in [0.05, 0.1) is 27.9 Å². The van der Waals surface area contributed by atoms with Gasteiger partial charge in [0.15, 0.2) is 5.82 Å². The Labute approximate surface area is 228 Å². The molecule has 0 unspecified atom stereocenters. The third-order valence-corrected chi connectivity index (χ3v) is 7.22. The molecule has 0 saturated heterocycles. The van der Waals surface area contributed by atoms with Crippen LogP contribution in [0.25, 0.3) is 61.5 Å². The van der Waals surface area contributed by atoms with E-state index in [0.29, 0.717) is 5.82 Å². The lowest BCUT2D eigenvalue weighted by Gasteiger charge is -2.11. The molecule has 180 valence electrons. The van der Waals surface area contributed by atoms with Crippen molar-refractivity contribution >= 4 is 37.9 Å². The summed E-state index contributed by atoms with van der Waals surface area (Å²) in [5.74, 6) is 0.713. The minimum atomic E-state index is 0.713. The SMILES string of the molecule is Brc1ccc2c(c1)c1ncccc1n2-c1ccc(-c2cc(-c3ccccc3)nc(-c3ccccc3)n2)cc1. The topological polar surface area (TPSA) is 43.6 Å². The van der Waals surface area contributed by atoms with Crippen LogP contribution in [0, 0.1) is 0 Å². The normalized spacial score (nSPS) is 11.3. The van der Waals surface area contributed by atoms with Crippen LogP contribution < -0.4 is 0 Å². The largest absolute Gasteiger partial charge is 0.308 e. The van der Waals surface area contributed by atoms with E-state index in [2.05, 4.69) is 92.2 Å². The first-order valence-corrected chi connectivity index (χ1v) is 13.2. The average Bonchev–Trinajstić information content (AvgIpc) is 3.31. The molecule has 0 spiro atoms. The van der Waals surface area contributed by atoms with Gasteiger partial charge in [0, 0.05) is 38.4 Å². The van der Waals surface area contributed by atoms with Crippen LogP contribution in [0.4, 0.5) is 0 Å². The molecule has 0 bridgehead atoms. The van der Waals surface area contributed by atoms with Gasteiger partial charge in [-0.05, 0) is 48.5 Å². The molecule has 7 aromatic rings. The van der Waals surface area contributed by atoms with Gasteiger partial charge in [-0.15, -0.1) is 0 Å². The molecule has 0 N–H and O–H groups in total. The molecule has 3 aromatic heterocycles. The van der Waals surface area contributed by atoms with Gasteiger partial charge in [-0.3, -0.25) is 4.98 Å². The predicted octanol–water partition coefficient (Wildman–Crippen LogP) is 8.73. The van der Waals surface area contributed by atoms with Crippen LogP contribution in [-0.2, 0) is 0 Å². The number of hydrogen-bond donors (Lipinski definition) is 0. The van der Waals surface area contributed by atoms with Crippen molar-refractivity contribution < 1.29 is 0 Å². The molecule has 0 aliphatic heterocycles. The lowest BCUT2D eigenvalue weighted by molar-refractivity contribution is 1.17. The highest BCUT2D eigenvalue weighted by Gasteiger charge is 2.14. The van der Waals surface area contributed by atoms with Crippen LogP contribution in [0.1, 0.15) is 0 Å². The van der Waals surface area contributed by atoms with Gasteiger partial charge in [0.25, 0.3) is 0 Å². The third kappa shape index (κ3) is 3.98. The van der Waals surface area contributed by atoms with Gasteiger partial charge in [-0.2, -0.15) is 0 Å². The second-order valence-corrected chi connectivity index (χ2v) is 10.0. The molecule has 0 radical (unpaired) electrons. The Hall–Kier alpha value is -4.61. The fraction of sp³-hybridized carbons (Fsp3) is 0. The van der Waals surface area contributed by atoms with Crippen LogP contribution in [0.15, 0.2) is 132 Å². The van der Waals surface area contributed by atoms with E-state index in [0.717, 1.165) is 60.2 Å². The van der Waals surface area contributed by atoms with Gasteiger partial charge < -0.3 is 4.57 Å². The summed E-state index contributed by atoms with van der Waals surface area (Å²) in [4.78, 5) is 14.6. The molecule has 0 fully saturated rings. The molecular formula is C33H21BrN4. The van der Waals surface area contributed by atoms with Gasteiger partial charge in [-0.1, -0.05) is 88.7 Å². The van der Waals surface area contributed by atoms with Crippen LogP contribution in [-0.4, -0.2) is 19.5 Å². The van der Waals surface area contributed by atoms with Crippen molar-refractivity contribution in [3.05, 3.63) is 132 Å². The Bertz CT molecular complexity index is 1850. The van der Waals surface area contributed by atoms with Gasteiger partial charge in [0.2, 0.25) is 0 Å². The molecule has 0 atom stereocenters. The molecule has 5 heteroatoms. The number of hydrogen-bond acceptors (Lipinski definition) is 3. The number of rotatable bonds is 4. The van der Waals surface area contributed by atoms with Crippen LogP contribution in [0.3, 0.4) is 0 Å². The summed E-state index contributed by atoms with van der Waals surface area (Å²) in [6, 6.07) is 41.5. The van der Waals surface area contributed by atoms with Crippen molar-refractivity contribution in [2.75, 3.05) is 0 Å². The van der Waals surface area contributed by atoms with Crippen molar-refractivity contribution in [3.63, 3.8) is 0 Å². The fourth-order valence-corrected chi connectivity index (χ4v) is 5.30. The first-order valence-electron chi connectivity index (χ1n) is 12.4. The van der Waals surface area contributed by atoms with E-state index in [1.165, 1.54) is 0 Å². The number of benzene rings is 4. The quantitative estimate of drug-likeness (QED) is 0.219. The van der Waals surface area contributed by atoms with Gasteiger partial charge >= 0.3 is 0 Å². The molecule has 0 amide bonds. The first kappa shape index (κ1) is 22.6.